The number of carbonyl (C=O) groups excluding carboxylic acids is 3. The normalized spacial score (nSPS) is 18.2. The van der Waals surface area contributed by atoms with Gasteiger partial charge in [0, 0.05) is 31.7 Å². The molecule has 1 aromatic carbocycles. The first-order valence-corrected chi connectivity index (χ1v) is 11.7. The van der Waals surface area contributed by atoms with E-state index in [1.54, 1.807) is 13.0 Å². The fourth-order valence-electron chi connectivity index (χ4n) is 4.18. The molecule has 34 heavy (non-hydrogen) atoms. The van der Waals surface area contributed by atoms with Gasteiger partial charge in [-0.3, -0.25) is 9.59 Å². The molecule has 2 saturated heterocycles. The van der Waals surface area contributed by atoms with Gasteiger partial charge in [-0.05, 0) is 55.0 Å². The van der Waals surface area contributed by atoms with Gasteiger partial charge in [0.2, 0.25) is 0 Å². The summed E-state index contributed by atoms with van der Waals surface area (Å²) >= 11 is 1.08. The average Bonchev–Trinajstić information content (AvgIpc) is 3.52. The Bertz CT molecular complexity index is 1290. The summed E-state index contributed by atoms with van der Waals surface area (Å²) < 4.78 is 19.5. The molecule has 2 aromatic heterocycles. The minimum Gasteiger partial charge on any atom is -0.381 e. The molecule has 1 atom stereocenters. The van der Waals surface area contributed by atoms with E-state index in [1.807, 2.05) is 0 Å². The Morgan fingerprint density at radius 3 is 2.82 bits per heavy atom. The topological polar surface area (TPSA) is 111 Å². The van der Waals surface area contributed by atoms with Gasteiger partial charge in [-0.15, -0.1) is 16.4 Å². The number of rotatable bonds is 6. The van der Waals surface area contributed by atoms with E-state index < -0.39 is 17.8 Å². The quantitative estimate of drug-likeness (QED) is 0.528. The number of ether oxygens (including phenoxy) is 1. The lowest BCUT2D eigenvalue weighted by Gasteiger charge is -2.15. The molecular weight excluding hydrogens is 463 g/mol. The van der Waals surface area contributed by atoms with Crippen LogP contribution in [0.4, 0.5) is 15.9 Å². The van der Waals surface area contributed by atoms with Gasteiger partial charge in [-0.2, -0.15) is 0 Å². The van der Waals surface area contributed by atoms with E-state index in [0.29, 0.717) is 57.9 Å². The molecule has 11 heteroatoms. The van der Waals surface area contributed by atoms with Crippen molar-refractivity contribution < 1.29 is 28.3 Å². The number of hydrogen-bond donors (Lipinski definition) is 1. The van der Waals surface area contributed by atoms with E-state index in [4.69, 9.17) is 9.57 Å². The first-order chi connectivity index (χ1) is 16.4. The van der Waals surface area contributed by atoms with Crippen molar-refractivity contribution in [2.24, 2.45) is 5.92 Å². The summed E-state index contributed by atoms with van der Waals surface area (Å²) in [4.78, 5) is 50.8. The highest BCUT2D eigenvalue weighted by molar-refractivity contribution is 7.20. The van der Waals surface area contributed by atoms with Gasteiger partial charge >= 0.3 is 5.97 Å². The third-order valence-electron chi connectivity index (χ3n) is 5.95. The number of thiophene rings is 1. The first kappa shape index (κ1) is 22.4. The molecule has 0 spiro atoms. The Kier molecular flexibility index (Phi) is 5.96. The summed E-state index contributed by atoms with van der Waals surface area (Å²) in [6.07, 6.45) is 2.99. The highest BCUT2D eigenvalue weighted by Gasteiger charge is 2.34. The van der Waals surface area contributed by atoms with Crippen LogP contribution in [-0.2, 0) is 25.6 Å². The summed E-state index contributed by atoms with van der Waals surface area (Å²) in [6.45, 7) is 3.07. The molecule has 0 aliphatic carbocycles. The minimum atomic E-state index is -0.807. The molecule has 5 rings (SSSR count). The monoisotopic (exact) mass is 484 g/mol. The zero-order chi connectivity index (χ0) is 23.8. The predicted molar refractivity (Wildman–Crippen MR) is 121 cm³/mol. The number of halogens is 1. The van der Waals surface area contributed by atoms with Gasteiger partial charge in [0.25, 0.3) is 11.8 Å². The van der Waals surface area contributed by atoms with Crippen LogP contribution >= 0.6 is 11.3 Å². The maximum Gasteiger partial charge on any atom is 0.374 e. The maximum atomic E-state index is 14.0. The van der Waals surface area contributed by atoms with Gasteiger partial charge in [0.1, 0.15) is 27.7 Å². The summed E-state index contributed by atoms with van der Waals surface area (Å²) in [6, 6.07) is 4.55. The minimum absolute atomic E-state index is 0.0179. The zero-order valence-corrected chi connectivity index (χ0v) is 19.1. The number of amides is 2. The number of fused-ring (bicyclic) bond motifs is 1. The second kappa shape index (κ2) is 9.07. The maximum absolute atomic E-state index is 14.0. The van der Waals surface area contributed by atoms with Crippen LogP contribution in [0.5, 0.6) is 0 Å². The lowest BCUT2D eigenvalue weighted by molar-refractivity contribution is -0.172. The largest absolute Gasteiger partial charge is 0.381 e. The van der Waals surface area contributed by atoms with Crippen molar-refractivity contribution in [1.82, 2.24) is 15.0 Å². The smallest absolute Gasteiger partial charge is 0.374 e. The molecule has 2 fully saturated rings. The molecule has 0 bridgehead atoms. The Hall–Kier alpha value is -3.44. The average molecular weight is 485 g/mol. The van der Waals surface area contributed by atoms with Gasteiger partial charge in [-0.1, -0.05) is 0 Å². The Balaban J connectivity index is 1.45. The van der Waals surface area contributed by atoms with Crippen LogP contribution in [0.15, 0.2) is 24.5 Å². The van der Waals surface area contributed by atoms with Crippen molar-refractivity contribution in [3.8, 4) is 0 Å². The van der Waals surface area contributed by atoms with Crippen LogP contribution in [-0.4, -0.2) is 46.0 Å². The Morgan fingerprint density at radius 1 is 1.29 bits per heavy atom. The van der Waals surface area contributed by atoms with E-state index in [2.05, 4.69) is 15.3 Å². The van der Waals surface area contributed by atoms with Crippen LogP contribution in [0, 0.1) is 18.7 Å². The number of hydroxylamine groups is 2. The molecule has 1 N–H and O–H groups in total. The lowest BCUT2D eigenvalue weighted by atomic mass is 9.97. The van der Waals surface area contributed by atoms with Crippen LogP contribution < -0.4 is 5.32 Å². The molecule has 2 aliphatic heterocycles. The van der Waals surface area contributed by atoms with Gasteiger partial charge < -0.3 is 14.9 Å². The van der Waals surface area contributed by atoms with Crippen molar-refractivity contribution >= 4 is 50.8 Å². The zero-order valence-electron chi connectivity index (χ0n) is 18.3. The lowest BCUT2D eigenvalue weighted by Crippen LogP contribution is -2.31. The summed E-state index contributed by atoms with van der Waals surface area (Å²) in [5, 5.41) is 4.41. The predicted octanol–water partition coefficient (Wildman–Crippen LogP) is 3.68. The van der Waals surface area contributed by atoms with Crippen LogP contribution in [0.1, 0.15) is 40.1 Å². The van der Waals surface area contributed by atoms with Crippen molar-refractivity contribution in [2.75, 3.05) is 18.5 Å². The Labute approximate surface area is 197 Å². The summed E-state index contributed by atoms with van der Waals surface area (Å²) in [5.41, 5.74) is 2.07. The Morgan fingerprint density at radius 2 is 2.09 bits per heavy atom. The molecule has 3 aromatic rings. The molecular formula is C23H21FN4O5S. The number of nitrogens with zero attached hydrogens (tertiary/aromatic N) is 3. The molecule has 0 saturated carbocycles. The molecule has 0 unspecified atom stereocenters. The van der Waals surface area contributed by atoms with E-state index >= 15 is 0 Å². The van der Waals surface area contributed by atoms with Crippen LogP contribution in [0.3, 0.4) is 0 Å². The molecule has 2 amide bonds. The molecule has 9 nitrogen and oxygen atoms in total. The third kappa shape index (κ3) is 4.24. The fraction of sp³-hybridized carbons (Fsp3) is 0.348. The number of anilines is 2. The molecule has 2 aliphatic rings. The molecule has 0 radical (unpaired) electrons. The summed E-state index contributed by atoms with van der Waals surface area (Å²) in [7, 11) is 0. The number of aromatic nitrogens is 2. The van der Waals surface area contributed by atoms with Gasteiger partial charge in [0.05, 0.1) is 5.39 Å². The van der Waals surface area contributed by atoms with Crippen LogP contribution in [0.25, 0.3) is 10.2 Å². The number of benzene rings is 1. The number of nitrogens with one attached hydrogen (secondary N) is 1. The van der Waals surface area contributed by atoms with Crippen molar-refractivity contribution in [2.45, 2.75) is 32.6 Å². The first-order valence-electron chi connectivity index (χ1n) is 10.9. The standard InChI is InChI=1S/C23H21FN4O5S/c1-12-19-21(27-16-3-2-15(24)9-14(16)8-13-6-7-32-10-13)25-11-26-22(19)34-20(12)23(31)33-28-17(29)4-5-18(28)30/h2-3,9,11,13H,4-8,10H2,1H3,(H,25,26,27)/t13-/m1/s1. The number of hydrogen-bond acceptors (Lipinski definition) is 9. The second-order valence-corrected chi connectivity index (χ2v) is 9.28. The molecule has 176 valence electrons. The second-order valence-electron chi connectivity index (χ2n) is 8.28. The van der Waals surface area contributed by atoms with E-state index in [-0.39, 0.29) is 23.5 Å². The van der Waals surface area contributed by atoms with Gasteiger partial charge in [0.15, 0.2) is 0 Å². The molecule has 4 heterocycles. The number of aryl methyl sites for hydroxylation is 1. The van der Waals surface area contributed by atoms with Crippen molar-refractivity contribution in [1.29, 1.82) is 0 Å². The van der Waals surface area contributed by atoms with E-state index in [1.165, 1.54) is 18.5 Å². The fourth-order valence-corrected chi connectivity index (χ4v) is 5.20. The SMILES string of the molecule is Cc1c(C(=O)ON2C(=O)CCC2=O)sc2ncnc(Nc3ccc(F)cc3C[C@H]3CCOC3)c12. The van der Waals surface area contributed by atoms with Gasteiger partial charge in [-0.25, -0.2) is 19.2 Å². The number of imide groups is 1. The van der Waals surface area contributed by atoms with Crippen LogP contribution in [0.2, 0.25) is 0 Å². The summed E-state index contributed by atoms with van der Waals surface area (Å²) in [5.74, 6) is -1.45. The highest BCUT2D eigenvalue weighted by Crippen LogP contribution is 2.36. The highest BCUT2D eigenvalue weighted by atomic mass is 32.1. The van der Waals surface area contributed by atoms with E-state index in [0.717, 1.165) is 23.3 Å². The third-order valence-corrected chi connectivity index (χ3v) is 7.12. The van der Waals surface area contributed by atoms with Crippen molar-refractivity contribution in [3.63, 3.8) is 0 Å². The van der Waals surface area contributed by atoms with Crippen molar-refractivity contribution in [3.05, 3.63) is 46.3 Å². The number of carbonyl (C=O) groups is 3. The van der Waals surface area contributed by atoms with E-state index in [9.17, 15) is 18.8 Å².